The van der Waals surface area contributed by atoms with E-state index in [9.17, 15) is 4.79 Å². The van der Waals surface area contributed by atoms with Crippen LogP contribution < -0.4 is 16.0 Å². The van der Waals surface area contributed by atoms with Crippen LogP contribution in [0, 0.1) is 6.92 Å². The predicted molar refractivity (Wildman–Crippen MR) is 123 cm³/mol. The molecule has 1 amide bonds. The number of furan rings is 1. The van der Waals surface area contributed by atoms with Crippen LogP contribution in [0.25, 0.3) is 0 Å². The number of ether oxygens (including phenoxy) is 1. The van der Waals surface area contributed by atoms with Gasteiger partial charge in [-0.2, -0.15) is 0 Å². The second kappa shape index (κ2) is 14.7. The Kier molecular flexibility index (Phi) is 13.0. The fraction of sp³-hybridized carbons (Fsp3) is 0.700. The summed E-state index contributed by atoms with van der Waals surface area (Å²) >= 11 is 0. The highest BCUT2D eigenvalue weighted by atomic mass is 127. The Bertz CT molecular complexity index is 586. The number of rotatable bonds is 10. The number of nitrogens with zero attached hydrogens (tertiary/aromatic N) is 1. The number of aliphatic imine (C=N–C) groups is 1. The van der Waals surface area contributed by atoms with Crippen molar-refractivity contribution in [3.63, 3.8) is 0 Å². The first kappa shape index (κ1) is 24.7. The van der Waals surface area contributed by atoms with Crippen molar-refractivity contribution >= 4 is 35.8 Å². The molecule has 1 aliphatic carbocycles. The van der Waals surface area contributed by atoms with Crippen molar-refractivity contribution in [3.8, 4) is 0 Å². The van der Waals surface area contributed by atoms with Gasteiger partial charge in [-0.3, -0.25) is 9.79 Å². The predicted octanol–water partition coefficient (Wildman–Crippen LogP) is 3.23. The highest BCUT2D eigenvalue weighted by molar-refractivity contribution is 14.0. The number of hydrogen-bond acceptors (Lipinski definition) is 4. The molecular weight excluding hydrogens is 471 g/mol. The monoisotopic (exact) mass is 506 g/mol. The summed E-state index contributed by atoms with van der Waals surface area (Å²) in [7, 11) is 1.76. The second-order valence-corrected chi connectivity index (χ2v) is 6.95. The van der Waals surface area contributed by atoms with Crippen molar-refractivity contribution in [2.24, 2.45) is 4.99 Å². The molecule has 0 aliphatic heterocycles. The van der Waals surface area contributed by atoms with Crippen LogP contribution in [0.1, 0.15) is 61.1 Å². The molecule has 0 radical (unpaired) electrons. The minimum atomic E-state index is -0.169. The molecule has 0 unspecified atom stereocenters. The maximum absolute atomic E-state index is 11.9. The molecule has 3 N–H and O–H groups in total. The zero-order valence-electron chi connectivity index (χ0n) is 17.1. The van der Waals surface area contributed by atoms with Gasteiger partial charge >= 0.3 is 0 Å². The molecule has 1 fully saturated rings. The molecule has 7 nitrogen and oxygen atoms in total. The van der Waals surface area contributed by atoms with Crippen LogP contribution in [-0.2, 0) is 4.74 Å². The van der Waals surface area contributed by atoms with Crippen molar-refractivity contribution in [1.82, 2.24) is 16.0 Å². The molecule has 0 saturated heterocycles. The van der Waals surface area contributed by atoms with E-state index in [1.807, 2.05) is 6.92 Å². The number of halogens is 1. The minimum Gasteiger partial charge on any atom is -0.459 e. The minimum absolute atomic E-state index is 0. The number of aryl methyl sites for hydroxylation is 1. The lowest BCUT2D eigenvalue weighted by molar-refractivity contribution is 0.0277. The van der Waals surface area contributed by atoms with Crippen LogP contribution in [0.5, 0.6) is 0 Å². The van der Waals surface area contributed by atoms with Gasteiger partial charge in [0, 0.05) is 38.9 Å². The zero-order valence-corrected chi connectivity index (χ0v) is 19.4. The lowest BCUT2D eigenvalue weighted by atomic mass is 9.98. The molecule has 1 aromatic heterocycles. The van der Waals surface area contributed by atoms with Gasteiger partial charge < -0.3 is 25.1 Å². The van der Waals surface area contributed by atoms with Crippen LogP contribution >= 0.6 is 24.0 Å². The Morgan fingerprint density at radius 3 is 2.46 bits per heavy atom. The molecule has 0 spiro atoms. The van der Waals surface area contributed by atoms with Gasteiger partial charge in [-0.25, -0.2) is 0 Å². The van der Waals surface area contributed by atoms with E-state index in [-0.39, 0.29) is 29.9 Å². The summed E-state index contributed by atoms with van der Waals surface area (Å²) < 4.78 is 11.1. The molecule has 1 saturated carbocycles. The first-order chi connectivity index (χ1) is 13.2. The van der Waals surface area contributed by atoms with E-state index < -0.39 is 0 Å². The number of carbonyl (C=O) groups excluding carboxylic acids is 1. The number of amides is 1. The van der Waals surface area contributed by atoms with Crippen LogP contribution in [0.2, 0.25) is 0 Å². The van der Waals surface area contributed by atoms with Gasteiger partial charge in [0.2, 0.25) is 0 Å². The number of nitrogens with one attached hydrogen (secondary N) is 3. The van der Waals surface area contributed by atoms with Crippen LogP contribution in [0.3, 0.4) is 0 Å². The van der Waals surface area contributed by atoms with Crippen LogP contribution in [0.15, 0.2) is 21.7 Å². The summed E-state index contributed by atoms with van der Waals surface area (Å²) in [4.78, 5) is 16.1. The standard InChI is InChI=1S/C20H34N4O3.HI/c1-16-10-15-27-18(16)19(25)22-11-6-12-23-20(21-2)24-13-7-14-26-17-8-4-3-5-9-17;/h10,15,17H,3-9,11-14H2,1-2H3,(H,22,25)(H2,21,23,24);1H. The maximum Gasteiger partial charge on any atom is 0.287 e. The lowest BCUT2D eigenvalue weighted by Crippen LogP contribution is -2.39. The summed E-state index contributed by atoms with van der Waals surface area (Å²) in [5, 5.41) is 9.41. The van der Waals surface area contributed by atoms with E-state index in [1.54, 1.807) is 13.1 Å². The molecular formula is C20H35IN4O3. The highest BCUT2D eigenvalue weighted by Gasteiger charge is 2.13. The number of hydrogen-bond donors (Lipinski definition) is 3. The van der Waals surface area contributed by atoms with Crippen molar-refractivity contribution in [3.05, 3.63) is 23.7 Å². The fourth-order valence-corrected chi connectivity index (χ4v) is 3.16. The van der Waals surface area contributed by atoms with Gasteiger partial charge in [0.05, 0.1) is 12.4 Å². The SMILES string of the molecule is CN=C(NCCCNC(=O)c1occc1C)NCCCOC1CCCCC1.I. The Hall–Kier alpha value is -1.29. The Balaban J connectivity index is 0.00000392. The van der Waals surface area contributed by atoms with Gasteiger partial charge in [-0.05, 0) is 38.7 Å². The summed E-state index contributed by atoms with van der Waals surface area (Å²) in [6, 6.07) is 1.78. The van der Waals surface area contributed by atoms with Crippen molar-refractivity contribution in [1.29, 1.82) is 0 Å². The third kappa shape index (κ3) is 9.27. The van der Waals surface area contributed by atoms with E-state index in [0.717, 1.165) is 44.1 Å². The number of carbonyl (C=O) groups is 1. The molecule has 160 valence electrons. The molecule has 1 heterocycles. The average Bonchev–Trinajstić information content (AvgIpc) is 3.12. The van der Waals surface area contributed by atoms with E-state index >= 15 is 0 Å². The fourth-order valence-electron chi connectivity index (χ4n) is 3.16. The van der Waals surface area contributed by atoms with E-state index in [0.29, 0.717) is 18.4 Å². The van der Waals surface area contributed by atoms with Gasteiger partial charge in [0.1, 0.15) is 0 Å². The summed E-state index contributed by atoms with van der Waals surface area (Å²) in [5.74, 6) is 0.995. The van der Waals surface area contributed by atoms with Gasteiger partial charge in [-0.1, -0.05) is 19.3 Å². The summed E-state index contributed by atoms with van der Waals surface area (Å²) in [5.41, 5.74) is 0.850. The van der Waals surface area contributed by atoms with Crippen LogP contribution in [-0.4, -0.2) is 51.3 Å². The first-order valence-corrected chi connectivity index (χ1v) is 10.1. The molecule has 8 heteroatoms. The van der Waals surface area contributed by atoms with Gasteiger partial charge in [-0.15, -0.1) is 24.0 Å². The summed E-state index contributed by atoms with van der Waals surface area (Å²) in [6.07, 6.45) is 10.2. The average molecular weight is 506 g/mol. The Morgan fingerprint density at radius 1 is 1.14 bits per heavy atom. The Labute approximate surface area is 185 Å². The third-order valence-electron chi connectivity index (χ3n) is 4.74. The van der Waals surface area contributed by atoms with E-state index in [2.05, 4.69) is 20.9 Å². The lowest BCUT2D eigenvalue weighted by Gasteiger charge is -2.22. The molecule has 0 aromatic carbocycles. The molecule has 1 aromatic rings. The second-order valence-electron chi connectivity index (χ2n) is 6.95. The number of guanidine groups is 1. The van der Waals surface area contributed by atoms with Crippen molar-refractivity contribution in [2.75, 3.05) is 33.3 Å². The molecule has 2 rings (SSSR count). The van der Waals surface area contributed by atoms with E-state index in [1.165, 1.54) is 38.4 Å². The largest absolute Gasteiger partial charge is 0.459 e. The quantitative estimate of drug-likeness (QED) is 0.196. The molecule has 0 bridgehead atoms. The first-order valence-electron chi connectivity index (χ1n) is 10.1. The molecule has 0 atom stereocenters. The maximum atomic E-state index is 11.9. The zero-order chi connectivity index (χ0) is 19.3. The van der Waals surface area contributed by atoms with E-state index in [4.69, 9.17) is 9.15 Å². The molecule has 1 aliphatic rings. The smallest absolute Gasteiger partial charge is 0.287 e. The topological polar surface area (TPSA) is 87.9 Å². The summed E-state index contributed by atoms with van der Waals surface area (Å²) in [6.45, 7) is 4.80. The molecule has 28 heavy (non-hydrogen) atoms. The Morgan fingerprint density at radius 2 is 1.82 bits per heavy atom. The van der Waals surface area contributed by atoms with Crippen LogP contribution in [0.4, 0.5) is 0 Å². The van der Waals surface area contributed by atoms with Crippen molar-refractivity contribution in [2.45, 2.75) is 58.0 Å². The van der Waals surface area contributed by atoms with Crippen molar-refractivity contribution < 1.29 is 13.9 Å². The third-order valence-corrected chi connectivity index (χ3v) is 4.74. The van der Waals surface area contributed by atoms with Gasteiger partial charge in [0.25, 0.3) is 5.91 Å². The normalized spacial score (nSPS) is 15.0. The van der Waals surface area contributed by atoms with Gasteiger partial charge in [0.15, 0.2) is 11.7 Å². The highest BCUT2D eigenvalue weighted by Crippen LogP contribution is 2.20.